The highest BCUT2D eigenvalue weighted by Gasteiger charge is 2.40. The number of nitro groups is 1. The molecule has 1 heterocycles. The van der Waals surface area contributed by atoms with Crippen LogP contribution in [0.3, 0.4) is 0 Å². The van der Waals surface area contributed by atoms with Gasteiger partial charge in [0.05, 0.1) is 33.7 Å². The van der Waals surface area contributed by atoms with Crippen LogP contribution in [0.2, 0.25) is 0 Å². The molecule has 0 bridgehead atoms. The van der Waals surface area contributed by atoms with E-state index >= 15 is 0 Å². The lowest BCUT2D eigenvalue weighted by molar-refractivity contribution is -0.383. The quantitative estimate of drug-likeness (QED) is 0.402. The van der Waals surface area contributed by atoms with Crippen LogP contribution in [0.25, 0.3) is 10.8 Å². The van der Waals surface area contributed by atoms with E-state index in [4.69, 9.17) is 9.73 Å². The number of amidine groups is 1. The zero-order valence-corrected chi connectivity index (χ0v) is 19.5. The first-order valence-electron chi connectivity index (χ1n) is 11.1. The summed E-state index contributed by atoms with van der Waals surface area (Å²) in [5.41, 5.74) is 0.716. The molecule has 2 aliphatic rings. The molecular formula is C24H31N3O3S. The van der Waals surface area contributed by atoms with Gasteiger partial charge in [0.1, 0.15) is 0 Å². The number of thioether (sulfide) groups is 1. The van der Waals surface area contributed by atoms with Crippen molar-refractivity contribution >= 4 is 39.1 Å². The van der Waals surface area contributed by atoms with Gasteiger partial charge in [-0.1, -0.05) is 42.8 Å². The topological polar surface area (TPSA) is 68.0 Å². The number of rotatable bonds is 5. The summed E-state index contributed by atoms with van der Waals surface area (Å²) < 4.78 is 6.34. The van der Waals surface area contributed by atoms with E-state index < -0.39 is 0 Å². The first-order valence-corrected chi connectivity index (χ1v) is 12.1. The molecule has 2 unspecified atom stereocenters. The Morgan fingerprint density at radius 3 is 2.48 bits per heavy atom. The monoisotopic (exact) mass is 441 g/mol. The number of fused-ring (bicyclic) bond motifs is 1. The van der Waals surface area contributed by atoms with E-state index in [1.54, 1.807) is 30.0 Å². The van der Waals surface area contributed by atoms with E-state index in [1.165, 1.54) is 25.7 Å². The average molecular weight is 442 g/mol. The molecule has 1 saturated heterocycles. The fourth-order valence-corrected chi connectivity index (χ4v) is 6.13. The Bertz CT molecular complexity index is 995. The fourth-order valence-electron chi connectivity index (χ4n) is 4.78. The van der Waals surface area contributed by atoms with Gasteiger partial charge in [-0.05, 0) is 52.7 Å². The van der Waals surface area contributed by atoms with Crippen LogP contribution in [0, 0.1) is 10.1 Å². The summed E-state index contributed by atoms with van der Waals surface area (Å²) in [6.07, 6.45) is 4.95. The maximum absolute atomic E-state index is 11.5. The third-order valence-corrected chi connectivity index (χ3v) is 7.12. The van der Waals surface area contributed by atoms with E-state index in [2.05, 4.69) is 32.6 Å². The smallest absolute Gasteiger partial charge is 0.277 e. The molecule has 2 atom stereocenters. The van der Waals surface area contributed by atoms with Gasteiger partial charge in [-0.15, -0.1) is 0 Å². The van der Waals surface area contributed by atoms with Crippen LogP contribution in [-0.2, 0) is 4.74 Å². The van der Waals surface area contributed by atoms with Crippen molar-refractivity contribution in [2.24, 2.45) is 4.99 Å². The second kappa shape index (κ2) is 8.79. The van der Waals surface area contributed by atoms with Crippen LogP contribution in [0.4, 0.5) is 11.4 Å². The summed E-state index contributed by atoms with van der Waals surface area (Å²) >= 11 is 1.78. The highest BCUT2D eigenvalue weighted by atomic mass is 32.2. The summed E-state index contributed by atoms with van der Waals surface area (Å²) in [7, 11) is 0. The molecule has 7 heteroatoms. The molecule has 4 rings (SSSR count). The Morgan fingerprint density at radius 1 is 1.16 bits per heavy atom. The lowest BCUT2D eigenvalue weighted by Gasteiger charge is -2.37. The number of benzene rings is 2. The number of ether oxygens (including phenoxy) is 1. The summed E-state index contributed by atoms with van der Waals surface area (Å²) in [6, 6.07) is 11.6. The average Bonchev–Trinajstić information content (AvgIpc) is 3.36. The van der Waals surface area contributed by atoms with Gasteiger partial charge < -0.3 is 9.64 Å². The standard InChI is InChI=1S/C24H31N3O3S/c1-16(30-24(2,3)4)22-15-31-23(26(22)17-9-5-6-10-17)25-20-13-14-21(27(28)29)19-12-8-7-11-18(19)20/h7-8,11-14,16-17,22H,5-6,9-10,15H2,1-4H3. The molecule has 31 heavy (non-hydrogen) atoms. The predicted octanol–water partition coefficient (Wildman–Crippen LogP) is 6.30. The molecule has 1 aliphatic carbocycles. The molecule has 6 nitrogen and oxygen atoms in total. The zero-order chi connectivity index (χ0) is 22.2. The third-order valence-electron chi connectivity index (χ3n) is 6.05. The largest absolute Gasteiger partial charge is 0.371 e. The molecular weight excluding hydrogens is 410 g/mol. The van der Waals surface area contributed by atoms with Gasteiger partial charge >= 0.3 is 0 Å². The van der Waals surface area contributed by atoms with Gasteiger partial charge in [0, 0.05) is 23.2 Å². The van der Waals surface area contributed by atoms with Crippen LogP contribution in [0.5, 0.6) is 0 Å². The predicted molar refractivity (Wildman–Crippen MR) is 128 cm³/mol. The minimum Gasteiger partial charge on any atom is -0.371 e. The Hall–Kier alpha value is -2.12. The third kappa shape index (κ3) is 4.72. The summed E-state index contributed by atoms with van der Waals surface area (Å²) in [6.45, 7) is 8.47. The van der Waals surface area contributed by atoms with Crippen LogP contribution < -0.4 is 0 Å². The van der Waals surface area contributed by atoms with Crippen LogP contribution in [0.15, 0.2) is 41.4 Å². The molecule has 2 fully saturated rings. The van der Waals surface area contributed by atoms with Crippen LogP contribution >= 0.6 is 11.8 Å². The summed E-state index contributed by atoms with van der Waals surface area (Å²) in [5, 5.41) is 13.9. The maximum atomic E-state index is 11.5. The van der Waals surface area contributed by atoms with Crippen molar-refractivity contribution in [1.29, 1.82) is 0 Å². The SMILES string of the molecule is CC(OC(C)(C)C)C1CSC(=Nc2ccc([N+](=O)[O-])c3ccccc23)N1C1CCCC1. The number of hydrogen-bond acceptors (Lipinski definition) is 5. The Balaban J connectivity index is 1.73. The van der Waals surface area contributed by atoms with Crippen molar-refractivity contribution in [2.75, 3.05) is 5.75 Å². The van der Waals surface area contributed by atoms with Crippen molar-refractivity contribution in [2.45, 2.75) is 77.2 Å². The van der Waals surface area contributed by atoms with E-state index in [9.17, 15) is 10.1 Å². The number of aliphatic imine (C=N–C) groups is 1. The van der Waals surface area contributed by atoms with Crippen molar-refractivity contribution in [3.63, 3.8) is 0 Å². The highest BCUT2D eigenvalue weighted by molar-refractivity contribution is 8.14. The van der Waals surface area contributed by atoms with Crippen molar-refractivity contribution in [1.82, 2.24) is 4.90 Å². The minimum atomic E-state index is -0.323. The molecule has 166 valence electrons. The van der Waals surface area contributed by atoms with Crippen LogP contribution in [-0.4, -0.2) is 44.5 Å². The molecule has 0 spiro atoms. The van der Waals surface area contributed by atoms with E-state index in [0.717, 1.165) is 22.0 Å². The van der Waals surface area contributed by atoms with E-state index in [0.29, 0.717) is 11.4 Å². The molecule has 1 aliphatic heterocycles. The maximum Gasteiger partial charge on any atom is 0.277 e. The second-order valence-electron chi connectivity index (χ2n) is 9.46. The van der Waals surface area contributed by atoms with Crippen molar-refractivity contribution in [3.05, 3.63) is 46.5 Å². The minimum absolute atomic E-state index is 0.0920. The van der Waals surface area contributed by atoms with E-state index in [1.807, 2.05) is 18.2 Å². The normalized spacial score (nSPS) is 22.5. The first kappa shape index (κ1) is 22.1. The van der Waals surface area contributed by atoms with Gasteiger partial charge in [-0.3, -0.25) is 10.1 Å². The van der Waals surface area contributed by atoms with Gasteiger partial charge in [0.15, 0.2) is 5.17 Å². The Labute approximate surface area is 188 Å². The molecule has 0 radical (unpaired) electrons. The van der Waals surface area contributed by atoms with Gasteiger partial charge in [0.2, 0.25) is 0 Å². The van der Waals surface area contributed by atoms with Gasteiger partial charge in [0.25, 0.3) is 5.69 Å². The molecule has 0 N–H and O–H groups in total. The summed E-state index contributed by atoms with van der Waals surface area (Å²) in [5.74, 6) is 0.942. The molecule has 1 saturated carbocycles. The second-order valence-corrected chi connectivity index (χ2v) is 10.4. The van der Waals surface area contributed by atoms with Gasteiger partial charge in [-0.2, -0.15) is 0 Å². The number of nitrogens with zero attached hydrogens (tertiary/aromatic N) is 3. The zero-order valence-electron chi connectivity index (χ0n) is 18.7. The number of nitro benzene ring substituents is 1. The highest BCUT2D eigenvalue weighted by Crippen LogP contribution is 2.39. The Morgan fingerprint density at radius 2 is 1.84 bits per heavy atom. The van der Waals surface area contributed by atoms with Crippen molar-refractivity contribution in [3.8, 4) is 0 Å². The molecule has 0 amide bonds. The molecule has 2 aromatic carbocycles. The lowest BCUT2D eigenvalue weighted by Crippen LogP contribution is -2.48. The number of non-ortho nitro benzene ring substituents is 1. The first-order chi connectivity index (χ1) is 14.7. The van der Waals surface area contributed by atoms with Crippen LogP contribution in [0.1, 0.15) is 53.4 Å². The lowest BCUT2D eigenvalue weighted by atomic mass is 10.1. The number of hydrogen-bond donors (Lipinski definition) is 0. The fraction of sp³-hybridized carbons (Fsp3) is 0.542. The van der Waals surface area contributed by atoms with Crippen molar-refractivity contribution < 1.29 is 9.66 Å². The van der Waals surface area contributed by atoms with Gasteiger partial charge in [-0.25, -0.2) is 4.99 Å². The molecule has 2 aromatic rings. The summed E-state index contributed by atoms with van der Waals surface area (Å²) in [4.78, 5) is 18.7. The molecule has 0 aromatic heterocycles. The van der Waals surface area contributed by atoms with E-state index in [-0.39, 0.29) is 28.4 Å². The Kier molecular flexibility index (Phi) is 6.26.